The van der Waals surface area contributed by atoms with Gasteiger partial charge in [-0.1, -0.05) is 6.92 Å². The molecule has 0 rings (SSSR count). The summed E-state index contributed by atoms with van der Waals surface area (Å²) in [5, 5.41) is 8.24. The molecule has 0 spiro atoms. The Labute approximate surface area is 86.5 Å². The fourth-order valence-electron chi connectivity index (χ4n) is 1.61. The quantitative estimate of drug-likeness (QED) is 0.589. The predicted molar refractivity (Wildman–Crippen MR) is 55.7 cm³/mol. The molecule has 0 fully saturated rings. The zero-order valence-electron chi connectivity index (χ0n) is 9.37. The summed E-state index contributed by atoms with van der Waals surface area (Å²) in [6.07, 6.45) is 1.04. The Hall–Kier alpha value is 0.0169. The number of aliphatic hydroxyl groups is 1. The zero-order valence-corrected chi connectivity index (χ0v) is 10.4. The van der Waals surface area contributed by atoms with Gasteiger partial charge < -0.3 is 24.1 Å². The smallest absolute Gasteiger partial charge is 0.396 e. The molecule has 0 saturated carbocycles. The number of nitrogens with two attached hydrogens (primary N) is 1. The fraction of sp³-hybridized carbons (Fsp3) is 1.00. The van der Waals surface area contributed by atoms with Gasteiger partial charge in [0, 0.05) is 27.9 Å². The van der Waals surface area contributed by atoms with Crippen molar-refractivity contribution in [2.45, 2.75) is 24.9 Å². The first-order chi connectivity index (χ1) is 6.55. The van der Waals surface area contributed by atoms with Crippen molar-refractivity contribution in [1.82, 2.24) is 0 Å². The molecular formula is C8H21NO4Si. The fourth-order valence-corrected chi connectivity index (χ4v) is 4.18. The maximum Gasteiger partial charge on any atom is 0.521 e. The average Bonchev–Trinajstić information content (AvgIpc) is 2.21. The molecule has 1 atom stereocenters. The van der Waals surface area contributed by atoms with Gasteiger partial charge in [0.05, 0.1) is 5.16 Å². The van der Waals surface area contributed by atoms with Crippen molar-refractivity contribution in [3.8, 4) is 0 Å². The van der Waals surface area contributed by atoms with Crippen LogP contribution in [0.3, 0.4) is 0 Å². The lowest BCUT2D eigenvalue weighted by Crippen LogP contribution is -2.68. The molecule has 0 saturated heterocycles. The van der Waals surface area contributed by atoms with Gasteiger partial charge in [-0.05, 0) is 12.8 Å². The first-order valence-electron chi connectivity index (χ1n) is 4.61. The SMILES string of the molecule is CCC(N)(CCO)[Si](OC)(OC)OC. The van der Waals surface area contributed by atoms with Gasteiger partial charge in [-0.25, -0.2) is 0 Å². The lowest BCUT2D eigenvalue weighted by atomic mass is 10.2. The van der Waals surface area contributed by atoms with Crippen LogP contribution in [0, 0.1) is 0 Å². The number of hydrogen-bond acceptors (Lipinski definition) is 5. The molecule has 0 bridgehead atoms. The molecule has 0 amide bonds. The van der Waals surface area contributed by atoms with Gasteiger partial charge in [0.1, 0.15) is 0 Å². The second kappa shape index (κ2) is 5.79. The molecule has 0 aromatic heterocycles. The predicted octanol–water partition coefficient (Wildman–Crippen LogP) is -0.106. The van der Waals surface area contributed by atoms with Crippen LogP contribution in [0.25, 0.3) is 0 Å². The minimum Gasteiger partial charge on any atom is -0.396 e. The van der Waals surface area contributed by atoms with Crippen LogP contribution in [0.1, 0.15) is 19.8 Å². The molecule has 14 heavy (non-hydrogen) atoms. The maximum absolute atomic E-state index is 8.96. The summed E-state index contributed by atoms with van der Waals surface area (Å²) in [6.45, 7) is 1.92. The third-order valence-corrected chi connectivity index (χ3v) is 6.04. The van der Waals surface area contributed by atoms with E-state index in [4.69, 9.17) is 24.1 Å². The number of aliphatic hydroxyl groups excluding tert-OH is 1. The molecule has 0 aliphatic rings. The summed E-state index contributed by atoms with van der Waals surface area (Å²) >= 11 is 0. The van der Waals surface area contributed by atoms with E-state index in [0.29, 0.717) is 12.8 Å². The molecule has 6 heteroatoms. The van der Waals surface area contributed by atoms with E-state index in [9.17, 15) is 0 Å². The van der Waals surface area contributed by atoms with Gasteiger partial charge in [-0.2, -0.15) is 0 Å². The first-order valence-corrected chi connectivity index (χ1v) is 6.33. The Balaban J connectivity index is 4.90. The van der Waals surface area contributed by atoms with E-state index < -0.39 is 14.0 Å². The van der Waals surface area contributed by atoms with Crippen LogP contribution in [0.2, 0.25) is 0 Å². The van der Waals surface area contributed by atoms with Crippen LogP contribution >= 0.6 is 0 Å². The standard InChI is InChI=1S/C8H21NO4Si/c1-5-8(9,6-7-10)14(11-2,12-3)13-4/h10H,5-7,9H2,1-4H3. The summed E-state index contributed by atoms with van der Waals surface area (Å²) in [5.74, 6) is 0. The Morgan fingerprint density at radius 1 is 1.21 bits per heavy atom. The highest BCUT2D eigenvalue weighted by atomic mass is 28.4. The third-order valence-electron chi connectivity index (χ3n) is 2.60. The van der Waals surface area contributed by atoms with E-state index in [2.05, 4.69) is 0 Å². The largest absolute Gasteiger partial charge is 0.521 e. The van der Waals surface area contributed by atoms with Gasteiger partial charge in [0.15, 0.2) is 0 Å². The van der Waals surface area contributed by atoms with Crippen LogP contribution in [0.15, 0.2) is 0 Å². The van der Waals surface area contributed by atoms with Gasteiger partial charge in [-0.15, -0.1) is 0 Å². The Bertz CT molecular complexity index is 157. The molecule has 0 heterocycles. The molecular weight excluding hydrogens is 202 g/mol. The van der Waals surface area contributed by atoms with Crippen LogP contribution in [-0.4, -0.2) is 47.0 Å². The van der Waals surface area contributed by atoms with E-state index in [-0.39, 0.29) is 6.61 Å². The Morgan fingerprint density at radius 3 is 1.86 bits per heavy atom. The van der Waals surface area contributed by atoms with Crippen molar-refractivity contribution in [1.29, 1.82) is 0 Å². The highest BCUT2D eigenvalue weighted by Crippen LogP contribution is 2.26. The van der Waals surface area contributed by atoms with E-state index >= 15 is 0 Å². The summed E-state index contributed by atoms with van der Waals surface area (Å²) in [5.41, 5.74) is 6.15. The average molecular weight is 223 g/mol. The molecule has 3 N–H and O–H groups in total. The van der Waals surface area contributed by atoms with Gasteiger partial charge >= 0.3 is 8.80 Å². The van der Waals surface area contributed by atoms with Gasteiger partial charge in [0.2, 0.25) is 0 Å². The van der Waals surface area contributed by atoms with Crippen molar-refractivity contribution >= 4 is 8.80 Å². The van der Waals surface area contributed by atoms with Crippen molar-refractivity contribution in [2.75, 3.05) is 27.9 Å². The van der Waals surface area contributed by atoms with Crippen molar-refractivity contribution in [3.05, 3.63) is 0 Å². The van der Waals surface area contributed by atoms with Crippen LogP contribution < -0.4 is 5.73 Å². The van der Waals surface area contributed by atoms with Crippen LogP contribution in [0.5, 0.6) is 0 Å². The van der Waals surface area contributed by atoms with E-state index in [1.807, 2.05) is 6.92 Å². The summed E-state index contributed by atoms with van der Waals surface area (Å²) in [4.78, 5) is 0. The summed E-state index contributed by atoms with van der Waals surface area (Å²) in [6, 6.07) is 0. The Morgan fingerprint density at radius 2 is 1.64 bits per heavy atom. The monoisotopic (exact) mass is 223 g/mol. The molecule has 5 nitrogen and oxygen atoms in total. The number of rotatable bonds is 7. The van der Waals surface area contributed by atoms with Crippen molar-refractivity contribution in [2.24, 2.45) is 5.73 Å². The molecule has 0 aliphatic heterocycles. The van der Waals surface area contributed by atoms with Crippen molar-refractivity contribution in [3.63, 3.8) is 0 Å². The molecule has 0 aromatic carbocycles. The third kappa shape index (κ3) is 2.33. The molecule has 0 aromatic rings. The van der Waals surface area contributed by atoms with E-state index in [1.165, 1.54) is 21.3 Å². The zero-order chi connectivity index (χ0) is 11.2. The normalized spacial score (nSPS) is 16.7. The van der Waals surface area contributed by atoms with Crippen molar-refractivity contribution < 1.29 is 18.4 Å². The molecule has 1 unspecified atom stereocenters. The van der Waals surface area contributed by atoms with E-state index in [0.717, 1.165) is 0 Å². The summed E-state index contributed by atoms with van der Waals surface area (Å²) in [7, 11) is 1.69. The highest BCUT2D eigenvalue weighted by molar-refractivity contribution is 6.64. The van der Waals surface area contributed by atoms with Crippen LogP contribution in [0.4, 0.5) is 0 Å². The second-order valence-electron chi connectivity index (χ2n) is 3.15. The minimum absolute atomic E-state index is 0.00479. The second-order valence-corrected chi connectivity index (χ2v) is 6.48. The minimum atomic E-state index is -2.87. The molecule has 86 valence electrons. The summed E-state index contributed by atoms with van der Waals surface area (Å²) < 4.78 is 15.9. The lowest BCUT2D eigenvalue weighted by molar-refractivity contribution is 0.0816. The van der Waals surface area contributed by atoms with Gasteiger partial charge in [0.25, 0.3) is 0 Å². The lowest BCUT2D eigenvalue weighted by Gasteiger charge is -2.39. The first kappa shape index (κ1) is 14.0. The van der Waals surface area contributed by atoms with Gasteiger partial charge in [-0.3, -0.25) is 0 Å². The van der Waals surface area contributed by atoms with E-state index in [1.54, 1.807) is 0 Å². The highest BCUT2D eigenvalue weighted by Gasteiger charge is 2.56. The maximum atomic E-state index is 8.96. The Kier molecular flexibility index (Phi) is 5.80. The molecule has 0 radical (unpaired) electrons. The molecule has 0 aliphatic carbocycles. The number of hydrogen-bond donors (Lipinski definition) is 2. The topological polar surface area (TPSA) is 73.9 Å². The van der Waals surface area contributed by atoms with Crippen LogP contribution in [-0.2, 0) is 13.3 Å².